The quantitative estimate of drug-likeness (QED) is 0.779. The molecule has 1 aliphatic rings. The van der Waals surface area contributed by atoms with E-state index in [1.807, 2.05) is 20.8 Å². The number of carbonyl (C=O) groups excluding carboxylic acids is 2. The predicted octanol–water partition coefficient (Wildman–Crippen LogP) is 1.94. The molecule has 0 aromatic heterocycles. The number of piperidine rings is 1. The maximum atomic E-state index is 11.9. The predicted molar refractivity (Wildman–Crippen MR) is 73.7 cm³/mol. The average molecular weight is 268 g/mol. The van der Waals surface area contributed by atoms with Crippen molar-refractivity contribution in [3.05, 3.63) is 12.7 Å². The molecule has 1 fully saturated rings. The third-order valence-electron chi connectivity index (χ3n) is 3.38. The average Bonchev–Trinajstić information content (AvgIpc) is 2.35. The second-order valence-corrected chi connectivity index (χ2v) is 5.91. The molecule has 0 spiro atoms. The van der Waals surface area contributed by atoms with E-state index < -0.39 is 11.0 Å². The lowest BCUT2D eigenvalue weighted by atomic mass is 9.77. The number of ether oxygens (including phenoxy) is 1. The van der Waals surface area contributed by atoms with Crippen LogP contribution in [-0.2, 0) is 9.53 Å². The van der Waals surface area contributed by atoms with Crippen molar-refractivity contribution in [1.29, 1.82) is 0 Å². The number of likely N-dealkylation sites (tertiary alicyclic amines) is 1. The van der Waals surface area contributed by atoms with Gasteiger partial charge >= 0.3 is 6.09 Å². The molecule has 19 heavy (non-hydrogen) atoms. The van der Waals surface area contributed by atoms with Crippen LogP contribution < -0.4 is 5.32 Å². The third kappa shape index (κ3) is 3.72. The fraction of sp³-hybridized carbons (Fsp3) is 0.714. The molecule has 0 radical (unpaired) electrons. The Morgan fingerprint density at radius 1 is 1.32 bits per heavy atom. The molecule has 1 aliphatic heterocycles. The Morgan fingerprint density at radius 3 is 2.21 bits per heavy atom. The van der Waals surface area contributed by atoms with Crippen LogP contribution in [0.1, 0.15) is 33.6 Å². The van der Waals surface area contributed by atoms with E-state index in [0.717, 1.165) is 0 Å². The number of nitrogens with one attached hydrogen (secondary N) is 1. The maximum Gasteiger partial charge on any atom is 0.410 e. The number of hydrogen-bond donors (Lipinski definition) is 1. The molecule has 1 heterocycles. The standard InChI is InChI=1S/C14H24N2O3/c1-6-14(11(17)15-5)7-9-16(10-8-14)12(18)19-13(2,3)4/h6H,1,7-10H2,2-5H3,(H,15,17). The van der Waals surface area contributed by atoms with Crippen LogP contribution in [-0.4, -0.2) is 42.6 Å². The van der Waals surface area contributed by atoms with Crippen molar-refractivity contribution in [3.63, 3.8) is 0 Å². The highest BCUT2D eigenvalue weighted by Crippen LogP contribution is 2.33. The zero-order valence-corrected chi connectivity index (χ0v) is 12.3. The van der Waals surface area contributed by atoms with Crippen molar-refractivity contribution < 1.29 is 14.3 Å². The van der Waals surface area contributed by atoms with E-state index in [2.05, 4.69) is 11.9 Å². The van der Waals surface area contributed by atoms with Gasteiger partial charge in [0, 0.05) is 20.1 Å². The van der Waals surface area contributed by atoms with E-state index in [-0.39, 0.29) is 12.0 Å². The first-order chi connectivity index (χ1) is 8.74. The van der Waals surface area contributed by atoms with E-state index in [9.17, 15) is 9.59 Å². The molecule has 0 saturated carbocycles. The van der Waals surface area contributed by atoms with E-state index >= 15 is 0 Å². The molecule has 0 bridgehead atoms. The molecule has 1 saturated heterocycles. The normalized spacial score (nSPS) is 18.6. The van der Waals surface area contributed by atoms with Gasteiger partial charge in [-0.05, 0) is 33.6 Å². The van der Waals surface area contributed by atoms with Crippen LogP contribution in [0.5, 0.6) is 0 Å². The van der Waals surface area contributed by atoms with Gasteiger partial charge in [-0.1, -0.05) is 6.08 Å². The maximum absolute atomic E-state index is 11.9. The number of rotatable bonds is 2. The van der Waals surface area contributed by atoms with Gasteiger partial charge in [0.1, 0.15) is 5.60 Å². The van der Waals surface area contributed by atoms with Crippen LogP contribution in [0.4, 0.5) is 4.79 Å². The Kier molecular flexibility index (Phi) is 4.61. The van der Waals surface area contributed by atoms with Gasteiger partial charge < -0.3 is 15.0 Å². The van der Waals surface area contributed by atoms with Gasteiger partial charge in [0.15, 0.2) is 0 Å². The number of amides is 2. The molecular weight excluding hydrogens is 244 g/mol. The summed E-state index contributed by atoms with van der Waals surface area (Å²) in [4.78, 5) is 25.5. The van der Waals surface area contributed by atoms with Crippen molar-refractivity contribution in [2.45, 2.75) is 39.2 Å². The molecule has 1 N–H and O–H groups in total. The van der Waals surface area contributed by atoms with Gasteiger partial charge in [0.2, 0.25) is 5.91 Å². The lowest BCUT2D eigenvalue weighted by Gasteiger charge is -2.38. The lowest BCUT2D eigenvalue weighted by molar-refractivity contribution is -0.130. The Hall–Kier alpha value is -1.52. The van der Waals surface area contributed by atoms with Crippen molar-refractivity contribution >= 4 is 12.0 Å². The van der Waals surface area contributed by atoms with Crippen molar-refractivity contribution in [2.24, 2.45) is 5.41 Å². The molecule has 0 unspecified atom stereocenters. The van der Waals surface area contributed by atoms with Gasteiger partial charge in [0.05, 0.1) is 5.41 Å². The van der Waals surface area contributed by atoms with Gasteiger partial charge in [-0.3, -0.25) is 4.79 Å². The summed E-state index contributed by atoms with van der Waals surface area (Å²) in [6, 6.07) is 0. The van der Waals surface area contributed by atoms with Gasteiger partial charge in [-0.2, -0.15) is 0 Å². The molecule has 0 aromatic rings. The fourth-order valence-corrected chi connectivity index (χ4v) is 2.19. The molecule has 1 rings (SSSR count). The van der Waals surface area contributed by atoms with Gasteiger partial charge in [0.25, 0.3) is 0 Å². The van der Waals surface area contributed by atoms with Crippen LogP contribution in [0.15, 0.2) is 12.7 Å². The van der Waals surface area contributed by atoms with Crippen molar-refractivity contribution in [2.75, 3.05) is 20.1 Å². The molecule has 108 valence electrons. The van der Waals surface area contributed by atoms with E-state index in [1.54, 1.807) is 18.0 Å². The molecule has 0 atom stereocenters. The topological polar surface area (TPSA) is 58.6 Å². The first-order valence-corrected chi connectivity index (χ1v) is 6.58. The summed E-state index contributed by atoms with van der Waals surface area (Å²) in [6.07, 6.45) is 2.53. The van der Waals surface area contributed by atoms with Crippen molar-refractivity contribution in [1.82, 2.24) is 10.2 Å². The first-order valence-electron chi connectivity index (χ1n) is 6.58. The zero-order valence-electron chi connectivity index (χ0n) is 12.3. The second kappa shape index (κ2) is 5.63. The monoisotopic (exact) mass is 268 g/mol. The Labute approximate surface area is 115 Å². The Bertz CT molecular complexity index is 363. The summed E-state index contributed by atoms with van der Waals surface area (Å²) in [6.45, 7) is 10.3. The van der Waals surface area contributed by atoms with E-state index in [4.69, 9.17) is 4.74 Å². The summed E-state index contributed by atoms with van der Waals surface area (Å²) in [5.74, 6) is -0.0358. The summed E-state index contributed by atoms with van der Waals surface area (Å²) in [5.41, 5.74) is -1.06. The van der Waals surface area contributed by atoms with Crippen LogP contribution in [0.25, 0.3) is 0 Å². The summed E-state index contributed by atoms with van der Waals surface area (Å²) >= 11 is 0. The van der Waals surface area contributed by atoms with Crippen LogP contribution in [0.2, 0.25) is 0 Å². The van der Waals surface area contributed by atoms with Crippen LogP contribution in [0.3, 0.4) is 0 Å². The number of nitrogens with zero attached hydrogens (tertiary/aromatic N) is 1. The highest BCUT2D eigenvalue weighted by Gasteiger charge is 2.39. The smallest absolute Gasteiger partial charge is 0.410 e. The third-order valence-corrected chi connectivity index (χ3v) is 3.38. The highest BCUT2D eigenvalue weighted by atomic mass is 16.6. The fourth-order valence-electron chi connectivity index (χ4n) is 2.19. The van der Waals surface area contributed by atoms with Crippen LogP contribution >= 0.6 is 0 Å². The SMILES string of the molecule is C=CC1(C(=O)NC)CCN(C(=O)OC(C)(C)C)CC1. The Balaban J connectivity index is 2.64. The summed E-state index contributed by atoms with van der Waals surface area (Å²) in [5, 5.41) is 2.66. The van der Waals surface area contributed by atoms with E-state index in [0.29, 0.717) is 25.9 Å². The summed E-state index contributed by atoms with van der Waals surface area (Å²) in [7, 11) is 1.62. The highest BCUT2D eigenvalue weighted by molar-refractivity contribution is 5.84. The second-order valence-electron chi connectivity index (χ2n) is 5.91. The molecule has 5 nitrogen and oxygen atoms in total. The molecular formula is C14H24N2O3. The van der Waals surface area contributed by atoms with Gasteiger partial charge in [-0.15, -0.1) is 6.58 Å². The number of hydrogen-bond acceptors (Lipinski definition) is 3. The number of carbonyl (C=O) groups is 2. The minimum absolute atomic E-state index is 0.0358. The van der Waals surface area contributed by atoms with Gasteiger partial charge in [-0.25, -0.2) is 4.79 Å². The zero-order chi connectivity index (χ0) is 14.7. The molecule has 2 amide bonds. The molecule has 5 heteroatoms. The lowest BCUT2D eigenvalue weighted by Crippen LogP contribution is -2.49. The largest absolute Gasteiger partial charge is 0.444 e. The minimum atomic E-state index is -0.562. The minimum Gasteiger partial charge on any atom is -0.444 e. The van der Waals surface area contributed by atoms with Crippen molar-refractivity contribution in [3.8, 4) is 0 Å². The molecule has 0 aromatic carbocycles. The first kappa shape index (κ1) is 15.5. The Morgan fingerprint density at radius 2 is 1.84 bits per heavy atom. The van der Waals surface area contributed by atoms with Crippen LogP contribution in [0, 0.1) is 5.41 Å². The van der Waals surface area contributed by atoms with E-state index in [1.165, 1.54) is 0 Å². The summed E-state index contributed by atoms with van der Waals surface area (Å²) < 4.78 is 5.33. The molecule has 0 aliphatic carbocycles.